The van der Waals surface area contributed by atoms with Crippen LogP contribution in [0.2, 0.25) is 0 Å². The molecule has 0 saturated carbocycles. The first kappa shape index (κ1) is 29.3. The maximum absolute atomic E-state index is 5.50. The minimum absolute atomic E-state index is 0.815. The third kappa shape index (κ3) is 4.02. The lowest BCUT2D eigenvalue weighted by molar-refractivity contribution is 1.08. The van der Waals surface area contributed by atoms with Gasteiger partial charge in [-0.2, -0.15) is 0 Å². The second kappa shape index (κ2) is 11.1. The Morgan fingerprint density at radius 3 is 1.57 bits per heavy atom. The molecule has 12 aromatic rings. The highest BCUT2D eigenvalue weighted by atomic mass is 15.1. The van der Waals surface area contributed by atoms with Gasteiger partial charge in [-0.3, -0.25) is 4.57 Å². The van der Waals surface area contributed by atoms with Crippen molar-refractivity contribution in [2.45, 2.75) is 0 Å². The standard InChI is InChI=1S/C50H30N4/c1-4-15-31(16-5-1)33-29-38-36-22-11-10-21-35(36)37-23-14-26-41-45(37)47-42(53(41)34-19-8-3-9-20-34)27-28-43-48(47)46(38)44(30-33)54(43)50-49(32-17-6-2-7-18-32)51-39-24-12-13-25-40(39)52-50/h1-30H. The van der Waals surface area contributed by atoms with Crippen molar-refractivity contribution in [3.05, 3.63) is 182 Å². The number of fused-ring (bicyclic) bond motifs is 4. The Labute approximate surface area is 310 Å². The quantitative estimate of drug-likeness (QED) is 0.185. The van der Waals surface area contributed by atoms with Crippen molar-refractivity contribution in [3.63, 3.8) is 0 Å². The highest BCUT2D eigenvalue weighted by Gasteiger charge is 2.26. The van der Waals surface area contributed by atoms with E-state index in [9.17, 15) is 0 Å². The van der Waals surface area contributed by atoms with Crippen molar-refractivity contribution in [2.24, 2.45) is 0 Å². The summed E-state index contributed by atoms with van der Waals surface area (Å²) in [5.41, 5.74) is 11.7. The number of nitrogens with zero attached hydrogens (tertiary/aromatic N) is 4. The maximum Gasteiger partial charge on any atom is 0.165 e. The highest BCUT2D eigenvalue weighted by molar-refractivity contribution is 6.39. The van der Waals surface area contributed by atoms with Gasteiger partial charge < -0.3 is 4.57 Å². The largest absolute Gasteiger partial charge is 0.309 e. The third-order valence-electron chi connectivity index (χ3n) is 11.2. The minimum Gasteiger partial charge on any atom is -0.309 e. The van der Waals surface area contributed by atoms with Gasteiger partial charge >= 0.3 is 0 Å². The lowest BCUT2D eigenvalue weighted by Gasteiger charge is -2.14. The van der Waals surface area contributed by atoms with Crippen molar-refractivity contribution in [3.8, 4) is 33.9 Å². The van der Waals surface area contributed by atoms with Crippen molar-refractivity contribution in [1.29, 1.82) is 0 Å². The normalized spacial score (nSPS) is 12.1. The first-order valence-corrected chi connectivity index (χ1v) is 18.4. The zero-order chi connectivity index (χ0) is 35.3. The molecule has 0 radical (unpaired) electrons. The molecule has 0 aliphatic rings. The van der Waals surface area contributed by atoms with Crippen LogP contribution in [0, 0.1) is 0 Å². The summed E-state index contributed by atoms with van der Waals surface area (Å²) in [7, 11) is 0. The van der Waals surface area contributed by atoms with Crippen molar-refractivity contribution >= 4 is 76.2 Å². The minimum atomic E-state index is 0.815. The molecule has 3 heterocycles. The van der Waals surface area contributed by atoms with E-state index in [2.05, 4.69) is 179 Å². The second-order valence-corrected chi connectivity index (χ2v) is 14.1. The Morgan fingerprint density at radius 1 is 0.315 bits per heavy atom. The fourth-order valence-electron chi connectivity index (χ4n) is 8.98. The molecule has 3 aromatic heterocycles. The molecule has 54 heavy (non-hydrogen) atoms. The molecule has 12 rings (SSSR count). The summed E-state index contributed by atoms with van der Waals surface area (Å²) >= 11 is 0. The van der Waals surface area contributed by atoms with Crippen LogP contribution in [0.1, 0.15) is 0 Å². The zero-order valence-corrected chi connectivity index (χ0v) is 29.1. The maximum atomic E-state index is 5.50. The van der Waals surface area contributed by atoms with E-state index < -0.39 is 0 Å². The fourth-order valence-corrected chi connectivity index (χ4v) is 8.98. The van der Waals surface area contributed by atoms with E-state index in [4.69, 9.17) is 9.97 Å². The number of aromatic nitrogens is 4. The van der Waals surface area contributed by atoms with Gasteiger partial charge in [-0.15, -0.1) is 0 Å². The smallest absolute Gasteiger partial charge is 0.165 e. The van der Waals surface area contributed by atoms with Crippen LogP contribution in [-0.2, 0) is 0 Å². The van der Waals surface area contributed by atoms with Crippen molar-refractivity contribution in [1.82, 2.24) is 19.1 Å². The van der Waals surface area contributed by atoms with Crippen molar-refractivity contribution < 1.29 is 0 Å². The van der Waals surface area contributed by atoms with E-state index in [1.165, 1.54) is 59.7 Å². The van der Waals surface area contributed by atoms with Gasteiger partial charge in [0.1, 0.15) is 5.69 Å². The van der Waals surface area contributed by atoms with Crippen LogP contribution in [0.25, 0.3) is 110 Å². The van der Waals surface area contributed by atoms with Gasteiger partial charge in [0.15, 0.2) is 5.82 Å². The van der Waals surface area contributed by atoms with Gasteiger partial charge in [0.25, 0.3) is 0 Å². The second-order valence-electron chi connectivity index (χ2n) is 14.1. The number of hydrogen-bond acceptors (Lipinski definition) is 2. The first-order chi connectivity index (χ1) is 26.8. The van der Waals surface area contributed by atoms with Crippen LogP contribution in [0.15, 0.2) is 182 Å². The molecule has 0 N–H and O–H groups in total. The van der Waals surface area contributed by atoms with Crippen LogP contribution in [0.4, 0.5) is 0 Å². The predicted octanol–water partition coefficient (Wildman–Crippen LogP) is 12.9. The van der Waals surface area contributed by atoms with Crippen molar-refractivity contribution in [2.75, 3.05) is 0 Å². The van der Waals surface area contributed by atoms with Gasteiger partial charge in [-0.05, 0) is 87.3 Å². The molecule has 4 nitrogen and oxygen atoms in total. The summed E-state index contributed by atoms with van der Waals surface area (Å²) in [5.74, 6) is 0.815. The Morgan fingerprint density at radius 2 is 0.852 bits per heavy atom. The fraction of sp³-hybridized carbons (Fsp3) is 0. The van der Waals surface area contributed by atoms with Crippen LogP contribution in [-0.4, -0.2) is 19.1 Å². The number of para-hydroxylation sites is 3. The van der Waals surface area contributed by atoms with Gasteiger partial charge in [-0.25, -0.2) is 9.97 Å². The predicted molar refractivity (Wildman–Crippen MR) is 225 cm³/mol. The molecular weight excluding hydrogens is 657 g/mol. The van der Waals surface area contributed by atoms with Gasteiger partial charge in [0.05, 0.1) is 33.1 Å². The SMILES string of the molecule is c1ccc(-c2cc3c4ccccc4c4cccc5c4c4c6c3c(c2)n(-c2nc3ccccc3nc2-c2ccccc2)c6ccc4n5-c2ccccc2)cc1. The topological polar surface area (TPSA) is 35.6 Å². The van der Waals surface area contributed by atoms with Gasteiger partial charge in [0, 0.05) is 32.8 Å². The van der Waals surface area contributed by atoms with E-state index in [1.54, 1.807) is 0 Å². The number of rotatable bonds is 4. The molecule has 250 valence electrons. The third-order valence-corrected chi connectivity index (χ3v) is 11.2. The molecule has 0 saturated heterocycles. The lowest BCUT2D eigenvalue weighted by atomic mass is 9.92. The first-order valence-electron chi connectivity index (χ1n) is 18.4. The van der Waals surface area contributed by atoms with E-state index in [0.29, 0.717) is 0 Å². The van der Waals surface area contributed by atoms with Crippen LogP contribution in [0.3, 0.4) is 0 Å². The monoisotopic (exact) mass is 686 g/mol. The molecule has 0 spiro atoms. The Kier molecular flexibility index (Phi) is 6.02. The Bertz CT molecular complexity index is 3410. The summed E-state index contributed by atoms with van der Waals surface area (Å²) in [4.78, 5) is 10.9. The molecule has 0 amide bonds. The van der Waals surface area contributed by atoms with Crippen LogP contribution >= 0.6 is 0 Å². The summed E-state index contributed by atoms with van der Waals surface area (Å²) < 4.78 is 4.83. The summed E-state index contributed by atoms with van der Waals surface area (Å²) in [5, 5.41) is 9.86. The van der Waals surface area contributed by atoms with E-state index in [-0.39, 0.29) is 0 Å². The van der Waals surface area contributed by atoms with E-state index in [0.717, 1.165) is 50.4 Å². The lowest BCUT2D eigenvalue weighted by Crippen LogP contribution is -2.03. The Balaban J connectivity index is 1.39. The molecule has 0 aliphatic carbocycles. The van der Waals surface area contributed by atoms with E-state index >= 15 is 0 Å². The summed E-state index contributed by atoms with van der Waals surface area (Å²) in [6.45, 7) is 0. The Hall–Kier alpha value is -7.30. The molecule has 0 atom stereocenters. The van der Waals surface area contributed by atoms with Gasteiger partial charge in [0.2, 0.25) is 0 Å². The van der Waals surface area contributed by atoms with E-state index in [1.807, 2.05) is 12.1 Å². The summed E-state index contributed by atoms with van der Waals surface area (Å²) in [6, 6.07) is 65.3. The number of hydrogen-bond donors (Lipinski definition) is 0. The average Bonchev–Trinajstić information content (AvgIpc) is 3.76. The molecular formula is C50H30N4. The molecule has 4 heteroatoms. The van der Waals surface area contributed by atoms with Gasteiger partial charge in [-0.1, -0.05) is 127 Å². The molecule has 0 fully saturated rings. The average molecular weight is 687 g/mol. The molecule has 9 aromatic carbocycles. The molecule has 0 unspecified atom stereocenters. The number of benzene rings is 8. The van der Waals surface area contributed by atoms with Crippen LogP contribution in [0.5, 0.6) is 0 Å². The molecule has 0 bridgehead atoms. The molecule has 0 aliphatic heterocycles. The summed E-state index contributed by atoms with van der Waals surface area (Å²) in [6.07, 6.45) is 0. The van der Waals surface area contributed by atoms with Crippen LogP contribution < -0.4 is 0 Å². The zero-order valence-electron chi connectivity index (χ0n) is 29.1. The highest BCUT2D eigenvalue weighted by Crippen LogP contribution is 2.49.